The van der Waals surface area contributed by atoms with E-state index < -0.39 is 6.10 Å². The molecule has 4 aromatic carbocycles. The topological polar surface area (TPSA) is 85.2 Å². The lowest BCUT2D eigenvalue weighted by molar-refractivity contribution is -0.137. The number of esters is 1. The smallest absolute Gasteiger partial charge is 0.331 e. The van der Waals surface area contributed by atoms with Crippen LogP contribution >= 0.6 is 0 Å². The standard InChI is InChI=1S/C36H36O6/c1-5-40-35(39)18-34-31-11-7-6-10-30(31)33-17-27(13-14-32(33)34)41-20-25-9-8-12-29(24(25)4)36-22(2)15-28(16-23(36)3)42-21-26(38)19-37/h6-18,26,37-38H,5,19-21H2,1-4H3/t26-/m1/s1. The third kappa shape index (κ3) is 5.96. The van der Waals surface area contributed by atoms with E-state index in [9.17, 15) is 9.90 Å². The monoisotopic (exact) mass is 564 g/mol. The van der Waals surface area contributed by atoms with Gasteiger partial charge in [0.15, 0.2) is 0 Å². The highest BCUT2D eigenvalue weighted by Gasteiger charge is 2.24. The zero-order valence-corrected chi connectivity index (χ0v) is 24.4. The minimum absolute atomic E-state index is 0.0395. The van der Waals surface area contributed by atoms with E-state index in [0.717, 1.165) is 67.0 Å². The largest absolute Gasteiger partial charge is 0.491 e. The fourth-order valence-electron chi connectivity index (χ4n) is 5.57. The molecule has 0 amide bonds. The van der Waals surface area contributed by atoms with Gasteiger partial charge in [-0.05, 0) is 113 Å². The van der Waals surface area contributed by atoms with Gasteiger partial charge in [-0.1, -0.05) is 48.5 Å². The van der Waals surface area contributed by atoms with E-state index in [2.05, 4.69) is 25.1 Å². The number of carbonyl (C=O) groups is 1. The van der Waals surface area contributed by atoms with Gasteiger partial charge in [0.05, 0.1) is 13.2 Å². The van der Waals surface area contributed by atoms with Crippen LogP contribution in [0.3, 0.4) is 0 Å². The Hall–Kier alpha value is -4.39. The molecule has 0 fully saturated rings. The molecule has 216 valence electrons. The number of hydrogen-bond acceptors (Lipinski definition) is 6. The molecule has 1 aliphatic carbocycles. The summed E-state index contributed by atoms with van der Waals surface area (Å²) in [6.07, 6.45) is 0.665. The van der Waals surface area contributed by atoms with Crippen molar-refractivity contribution in [2.45, 2.75) is 40.4 Å². The van der Waals surface area contributed by atoms with Crippen molar-refractivity contribution in [3.8, 4) is 33.8 Å². The fourth-order valence-corrected chi connectivity index (χ4v) is 5.57. The van der Waals surface area contributed by atoms with Crippen LogP contribution in [0.25, 0.3) is 27.8 Å². The van der Waals surface area contributed by atoms with Crippen LogP contribution in [0.1, 0.15) is 40.3 Å². The van der Waals surface area contributed by atoms with Gasteiger partial charge in [0.2, 0.25) is 0 Å². The molecule has 0 saturated carbocycles. The second kappa shape index (κ2) is 12.6. The minimum Gasteiger partial charge on any atom is -0.491 e. The second-order valence-corrected chi connectivity index (χ2v) is 10.5. The summed E-state index contributed by atoms with van der Waals surface area (Å²) in [4.78, 5) is 12.3. The number of benzene rings is 4. The number of aliphatic hydroxyl groups excluding tert-OH is 2. The van der Waals surface area contributed by atoms with Crippen LogP contribution in [0.5, 0.6) is 11.5 Å². The predicted molar refractivity (Wildman–Crippen MR) is 165 cm³/mol. The third-order valence-corrected chi connectivity index (χ3v) is 7.61. The number of carbonyl (C=O) groups excluding carboxylic acids is 1. The van der Waals surface area contributed by atoms with Crippen molar-refractivity contribution in [3.05, 3.63) is 112 Å². The zero-order chi connectivity index (χ0) is 29.8. The van der Waals surface area contributed by atoms with Crippen LogP contribution in [0.15, 0.2) is 78.9 Å². The molecule has 6 heteroatoms. The molecule has 0 radical (unpaired) electrons. The Bertz CT molecular complexity index is 1630. The third-order valence-electron chi connectivity index (χ3n) is 7.61. The molecular weight excluding hydrogens is 528 g/mol. The summed E-state index contributed by atoms with van der Waals surface area (Å²) in [6.45, 7) is 8.45. The summed E-state index contributed by atoms with van der Waals surface area (Å²) >= 11 is 0. The molecule has 2 N–H and O–H groups in total. The molecule has 0 spiro atoms. The van der Waals surface area contributed by atoms with Crippen molar-refractivity contribution < 1.29 is 29.2 Å². The number of aliphatic hydroxyl groups is 2. The summed E-state index contributed by atoms with van der Waals surface area (Å²) in [5.41, 5.74) is 11.6. The number of ether oxygens (including phenoxy) is 3. The Morgan fingerprint density at radius 3 is 2.21 bits per heavy atom. The molecule has 0 heterocycles. The Morgan fingerprint density at radius 1 is 0.810 bits per heavy atom. The van der Waals surface area contributed by atoms with Crippen LogP contribution in [0.2, 0.25) is 0 Å². The molecule has 4 aromatic rings. The lowest BCUT2D eigenvalue weighted by atomic mass is 9.90. The van der Waals surface area contributed by atoms with Crippen LogP contribution < -0.4 is 9.47 Å². The Labute approximate surface area is 246 Å². The van der Waals surface area contributed by atoms with E-state index in [1.807, 2.05) is 68.4 Å². The quantitative estimate of drug-likeness (QED) is 0.148. The summed E-state index contributed by atoms with van der Waals surface area (Å²) in [5, 5.41) is 18.7. The zero-order valence-electron chi connectivity index (χ0n) is 24.4. The Balaban J connectivity index is 1.38. The molecule has 0 bridgehead atoms. The molecule has 1 aliphatic rings. The molecule has 1 atom stereocenters. The van der Waals surface area contributed by atoms with Crippen LogP contribution in [-0.4, -0.2) is 42.1 Å². The molecule has 0 aliphatic heterocycles. The van der Waals surface area contributed by atoms with Crippen molar-refractivity contribution in [3.63, 3.8) is 0 Å². The lowest BCUT2D eigenvalue weighted by Crippen LogP contribution is -2.21. The number of aryl methyl sites for hydroxylation is 2. The fraction of sp³-hybridized carbons (Fsp3) is 0.250. The highest BCUT2D eigenvalue weighted by molar-refractivity contribution is 6.07. The molecule has 0 unspecified atom stereocenters. The summed E-state index contributed by atoms with van der Waals surface area (Å²) < 4.78 is 17.2. The number of fused-ring (bicyclic) bond motifs is 3. The van der Waals surface area contributed by atoms with Gasteiger partial charge >= 0.3 is 5.97 Å². The van der Waals surface area contributed by atoms with E-state index in [4.69, 9.17) is 19.3 Å². The van der Waals surface area contributed by atoms with Gasteiger partial charge in [0.1, 0.15) is 30.8 Å². The van der Waals surface area contributed by atoms with Crippen LogP contribution in [-0.2, 0) is 16.1 Å². The molecular formula is C36H36O6. The molecule has 6 nitrogen and oxygen atoms in total. The average Bonchev–Trinajstić information content (AvgIpc) is 3.28. The van der Waals surface area contributed by atoms with Gasteiger partial charge < -0.3 is 24.4 Å². The lowest BCUT2D eigenvalue weighted by Gasteiger charge is -2.18. The number of hydrogen-bond donors (Lipinski definition) is 2. The molecule has 0 saturated heterocycles. The highest BCUT2D eigenvalue weighted by Crippen LogP contribution is 2.45. The summed E-state index contributed by atoms with van der Waals surface area (Å²) in [5.74, 6) is 1.07. The summed E-state index contributed by atoms with van der Waals surface area (Å²) in [6, 6.07) is 24.2. The van der Waals surface area contributed by atoms with Gasteiger partial charge in [-0.25, -0.2) is 4.79 Å². The van der Waals surface area contributed by atoms with E-state index in [1.54, 1.807) is 13.0 Å². The van der Waals surface area contributed by atoms with Gasteiger partial charge in [0.25, 0.3) is 0 Å². The van der Waals surface area contributed by atoms with Crippen molar-refractivity contribution in [2.75, 3.05) is 19.8 Å². The predicted octanol–water partition coefficient (Wildman–Crippen LogP) is 6.57. The molecule has 42 heavy (non-hydrogen) atoms. The van der Waals surface area contributed by atoms with Gasteiger partial charge in [-0.2, -0.15) is 0 Å². The van der Waals surface area contributed by atoms with Crippen molar-refractivity contribution >= 4 is 11.5 Å². The Kier molecular flexibility index (Phi) is 8.76. The van der Waals surface area contributed by atoms with E-state index in [1.165, 1.54) is 0 Å². The van der Waals surface area contributed by atoms with Gasteiger partial charge in [-0.3, -0.25) is 0 Å². The first kappa shape index (κ1) is 29.1. The first-order valence-electron chi connectivity index (χ1n) is 14.2. The van der Waals surface area contributed by atoms with Gasteiger partial charge in [-0.15, -0.1) is 0 Å². The normalized spacial score (nSPS) is 13.4. The van der Waals surface area contributed by atoms with Gasteiger partial charge in [0, 0.05) is 6.08 Å². The minimum atomic E-state index is -0.909. The first-order valence-corrected chi connectivity index (χ1v) is 14.2. The molecule has 5 rings (SSSR count). The van der Waals surface area contributed by atoms with E-state index in [-0.39, 0.29) is 19.2 Å². The SMILES string of the molecule is CCOC(=O)C=C1c2ccccc2-c2cc(OCc3cccc(-c4c(C)cc(OC[C@H](O)CO)cc4C)c3C)ccc21. The van der Waals surface area contributed by atoms with Crippen molar-refractivity contribution in [2.24, 2.45) is 0 Å². The first-order chi connectivity index (χ1) is 20.3. The van der Waals surface area contributed by atoms with Crippen LogP contribution in [0.4, 0.5) is 0 Å². The number of rotatable bonds is 10. The maximum Gasteiger partial charge on any atom is 0.331 e. The van der Waals surface area contributed by atoms with Crippen molar-refractivity contribution in [1.29, 1.82) is 0 Å². The maximum atomic E-state index is 12.3. The van der Waals surface area contributed by atoms with Crippen LogP contribution in [0, 0.1) is 20.8 Å². The highest BCUT2D eigenvalue weighted by atomic mass is 16.5. The average molecular weight is 565 g/mol. The van der Waals surface area contributed by atoms with E-state index >= 15 is 0 Å². The van der Waals surface area contributed by atoms with Crippen molar-refractivity contribution in [1.82, 2.24) is 0 Å². The van der Waals surface area contributed by atoms with E-state index in [0.29, 0.717) is 19.0 Å². The molecule has 0 aromatic heterocycles. The summed E-state index contributed by atoms with van der Waals surface area (Å²) in [7, 11) is 0. The Morgan fingerprint density at radius 2 is 1.50 bits per heavy atom. The maximum absolute atomic E-state index is 12.3. The second-order valence-electron chi connectivity index (χ2n) is 10.5.